The molecule has 0 spiro atoms. The summed E-state index contributed by atoms with van der Waals surface area (Å²) in [6.45, 7) is 0. The van der Waals surface area contributed by atoms with Crippen LogP contribution in [0.2, 0.25) is 0 Å². The molecule has 5 rings (SSSR count). The summed E-state index contributed by atoms with van der Waals surface area (Å²) in [6.07, 6.45) is 0.360. The fraction of sp³-hybridized carbons (Fsp3) is 0.368. The summed E-state index contributed by atoms with van der Waals surface area (Å²) in [5, 5.41) is 23.0. The largest absolute Gasteiger partial charge is 0.479 e. The Morgan fingerprint density at radius 1 is 1.24 bits per heavy atom. The van der Waals surface area contributed by atoms with Gasteiger partial charge in [0.15, 0.2) is 29.3 Å². The van der Waals surface area contributed by atoms with Crippen molar-refractivity contribution >= 4 is 23.0 Å². The molecule has 2 fully saturated rings. The van der Waals surface area contributed by atoms with Gasteiger partial charge in [0.05, 0.1) is 12.4 Å². The fourth-order valence-electron chi connectivity index (χ4n) is 3.89. The van der Waals surface area contributed by atoms with E-state index in [1.807, 2.05) is 18.2 Å². The van der Waals surface area contributed by atoms with Gasteiger partial charge in [-0.05, 0) is 12.0 Å². The Hall–Kier alpha value is -3.08. The maximum absolute atomic E-state index is 11.3. The predicted octanol–water partition coefficient (Wildman–Crippen LogP) is 0.464. The lowest BCUT2D eigenvalue weighted by Gasteiger charge is -2.16. The zero-order valence-electron chi connectivity index (χ0n) is 15.3. The van der Waals surface area contributed by atoms with Crippen molar-refractivity contribution < 1.29 is 19.7 Å². The molecular formula is C19H20N6O4. The van der Waals surface area contributed by atoms with Gasteiger partial charge in [0, 0.05) is 12.0 Å². The van der Waals surface area contributed by atoms with Crippen molar-refractivity contribution in [2.24, 2.45) is 5.73 Å². The first-order chi connectivity index (χ1) is 14.0. The van der Waals surface area contributed by atoms with Crippen molar-refractivity contribution in [3.63, 3.8) is 0 Å². The molecule has 1 saturated carbocycles. The highest BCUT2D eigenvalue weighted by atomic mass is 16.6. The number of anilines is 1. The number of fused-ring (bicyclic) bond motifs is 1. The van der Waals surface area contributed by atoms with E-state index in [0.717, 1.165) is 6.42 Å². The second-order valence-corrected chi connectivity index (χ2v) is 7.40. The topological polar surface area (TPSA) is 148 Å². The number of aliphatic hydroxyl groups is 1. The molecule has 0 amide bonds. The SMILES string of the molecule is N[C@H]1[C@@H](O)[C@H](n2cnc3c(NC4CC4c4ccccc4)ncnc32)O[C@@H]1C(=O)O. The Balaban J connectivity index is 1.40. The molecule has 3 heterocycles. The molecule has 6 atom stereocenters. The highest BCUT2D eigenvalue weighted by Gasteiger charge is 2.47. The lowest BCUT2D eigenvalue weighted by atomic mass is 10.1. The van der Waals surface area contributed by atoms with Gasteiger partial charge >= 0.3 is 5.97 Å². The molecule has 1 aromatic carbocycles. The van der Waals surface area contributed by atoms with Crippen LogP contribution in [0.1, 0.15) is 24.1 Å². The number of carboxylic acid groups (broad SMARTS) is 1. The minimum absolute atomic E-state index is 0.249. The third-order valence-electron chi connectivity index (χ3n) is 5.54. The smallest absolute Gasteiger partial charge is 0.334 e. The Morgan fingerprint density at radius 2 is 2.03 bits per heavy atom. The average Bonchev–Trinajstić information content (AvgIpc) is 3.25. The van der Waals surface area contributed by atoms with Crippen LogP contribution in [0.15, 0.2) is 43.0 Å². The predicted molar refractivity (Wildman–Crippen MR) is 102 cm³/mol. The minimum Gasteiger partial charge on any atom is -0.479 e. The third-order valence-corrected chi connectivity index (χ3v) is 5.54. The van der Waals surface area contributed by atoms with Crippen molar-refractivity contribution in [3.05, 3.63) is 48.5 Å². The second kappa shape index (κ2) is 6.76. The first kappa shape index (κ1) is 18.0. The van der Waals surface area contributed by atoms with Gasteiger partial charge in [-0.1, -0.05) is 30.3 Å². The Labute approximate surface area is 165 Å². The number of hydrogen-bond donors (Lipinski definition) is 4. The summed E-state index contributed by atoms with van der Waals surface area (Å²) in [5.74, 6) is -0.220. The number of aliphatic hydroxyl groups excluding tert-OH is 1. The van der Waals surface area contributed by atoms with Gasteiger partial charge in [-0.3, -0.25) is 4.57 Å². The molecule has 29 heavy (non-hydrogen) atoms. The van der Waals surface area contributed by atoms with E-state index in [1.54, 1.807) is 0 Å². The van der Waals surface area contributed by atoms with Gasteiger partial charge in [0.25, 0.3) is 0 Å². The number of aromatic nitrogens is 4. The number of aliphatic carboxylic acids is 1. The first-order valence-electron chi connectivity index (χ1n) is 9.35. The molecule has 0 radical (unpaired) electrons. The molecule has 1 saturated heterocycles. The van der Waals surface area contributed by atoms with Crippen LogP contribution >= 0.6 is 0 Å². The Kier molecular flexibility index (Phi) is 4.19. The minimum atomic E-state index is -1.30. The summed E-state index contributed by atoms with van der Waals surface area (Å²) in [5.41, 5.74) is 8.03. The summed E-state index contributed by atoms with van der Waals surface area (Å²) in [7, 11) is 0. The maximum atomic E-state index is 11.3. The van der Waals surface area contributed by atoms with E-state index in [1.165, 1.54) is 22.8 Å². The van der Waals surface area contributed by atoms with Gasteiger partial charge < -0.3 is 26.0 Å². The summed E-state index contributed by atoms with van der Waals surface area (Å²) < 4.78 is 6.97. The van der Waals surface area contributed by atoms with Crippen LogP contribution in [0.25, 0.3) is 11.2 Å². The number of benzene rings is 1. The van der Waals surface area contributed by atoms with Crippen LogP contribution in [-0.4, -0.2) is 60.0 Å². The lowest BCUT2D eigenvalue weighted by molar-refractivity contribution is -0.152. The van der Waals surface area contributed by atoms with E-state index in [0.29, 0.717) is 22.9 Å². The quantitative estimate of drug-likeness (QED) is 0.483. The number of nitrogens with two attached hydrogens (primary N) is 1. The summed E-state index contributed by atoms with van der Waals surface area (Å²) in [4.78, 5) is 24.2. The molecule has 150 valence electrons. The van der Waals surface area contributed by atoms with Crippen LogP contribution in [0.5, 0.6) is 0 Å². The normalized spacial score (nSPS) is 31.1. The van der Waals surface area contributed by atoms with Crippen molar-refractivity contribution in [1.29, 1.82) is 0 Å². The molecule has 1 aliphatic carbocycles. The molecule has 0 bridgehead atoms. The van der Waals surface area contributed by atoms with Gasteiger partial charge in [0.2, 0.25) is 0 Å². The van der Waals surface area contributed by atoms with E-state index in [4.69, 9.17) is 10.5 Å². The molecule has 2 aromatic heterocycles. The number of hydrogen-bond acceptors (Lipinski definition) is 8. The number of imidazole rings is 1. The van der Waals surface area contributed by atoms with E-state index in [2.05, 4.69) is 32.4 Å². The van der Waals surface area contributed by atoms with Crippen molar-refractivity contribution in [1.82, 2.24) is 19.5 Å². The molecular weight excluding hydrogens is 376 g/mol. The summed E-state index contributed by atoms with van der Waals surface area (Å²) in [6, 6.07) is 9.46. The fourth-order valence-corrected chi connectivity index (χ4v) is 3.89. The van der Waals surface area contributed by atoms with Gasteiger partial charge in [-0.15, -0.1) is 0 Å². The number of nitrogens with zero attached hydrogens (tertiary/aromatic N) is 4. The monoisotopic (exact) mass is 396 g/mol. The van der Waals surface area contributed by atoms with Crippen molar-refractivity contribution in [3.8, 4) is 0 Å². The highest BCUT2D eigenvalue weighted by molar-refractivity contribution is 5.83. The molecule has 10 nitrogen and oxygen atoms in total. The van der Waals surface area contributed by atoms with Gasteiger partial charge in [-0.25, -0.2) is 19.7 Å². The van der Waals surface area contributed by atoms with Crippen LogP contribution in [-0.2, 0) is 9.53 Å². The maximum Gasteiger partial charge on any atom is 0.334 e. The number of rotatable bonds is 5. The van der Waals surface area contributed by atoms with E-state index in [9.17, 15) is 15.0 Å². The number of carbonyl (C=O) groups is 1. The van der Waals surface area contributed by atoms with Crippen LogP contribution in [0.3, 0.4) is 0 Å². The molecule has 5 N–H and O–H groups in total. The zero-order valence-corrected chi connectivity index (χ0v) is 15.3. The molecule has 1 aliphatic heterocycles. The molecule has 10 heteroatoms. The Bertz CT molecular complexity index is 1060. The van der Waals surface area contributed by atoms with Crippen molar-refractivity contribution in [2.45, 2.75) is 42.9 Å². The number of nitrogens with one attached hydrogen (secondary N) is 1. The standard InChI is InChI=1S/C19H20N6O4/c20-12-14(26)18(29-15(12)19(27)28)25-8-23-13-16(21-7-22-17(13)25)24-11-6-10(11)9-4-2-1-3-5-9/h1-5,7-8,10-12,14-15,18,26H,6,20H2,(H,27,28)(H,21,22,24)/t10?,11?,12-,14+,15-,18+/m0/s1. The molecule has 2 aliphatic rings. The number of carboxylic acids is 1. The van der Waals surface area contributed by atoms with Gasteiger partial charge in [0.1, 0.15) is 12.4 Å². The second-order valence-electron chi connectivity index (χ2n) is 7.40. The van der Waals surface area contributed by atoms with Gasteiger partial charge in [-0.2, -0.15) is 0 Å². The average molecular weight is 396 g/mol. The summed E-state index contributed by atoms with van der Waals surface area (Å²) >= 11 is 0. The number of ether oxygens (including phenoxy) is 1. The highest BCUT2D eigenvalue weighted by Crippen LogP contribution is 2.43. The van der Waals surface area contributed by atoms with Crippen molar-refractivity contribution in [2.75, 3.05) is 5.32 Å². The van der Waals surface area contributed by atoms with E-state index in [-0.39, 0.29) is 6.04 Å². The lowest BCUT2D eigenvalue weighted by Crippen LogP contribution is -2.43. The third kappa shape index (κ3) is 3.01. The van der Waals surface area contributed by atoms with Crippen LogP contribution in [0, 0.1) is 0 Å². The zero-order chi connectivity index (χ0) is 20.1. The molecule has 2 unspecified atom stereocenters. The Morgan fingerprint density at radius 3 is 2.76 bits per heavy atom. The van der Waals surface area contributed by atoms with E-state index >= 15 is 0 Å². The van der Waals surface area contributed by atoms with Crippen LogP contribution in [0.4, 0.5) is 5.82 Å². The molecule has 3 aromatic rings. The first-order valence-corrected chi connectivity index (χ1v) is 9.35. The van der Waals surface area contributed by atoms with E-state index < -0.39 is 30.4 Å². The van der Waals surface area contributed by atoms with Crippen LogP contribution < -0.4 is 11.1 Å².